The summed E-state index contributed by atoms with van der Waals surface area (Å²) in [5.74, 6) is -0.104. The van der Waals surface area contributed by atoms with Gasteiger partial charge in [-0.15, -0.1) is 0 Å². The quantitative estimate of drug-likeness (QED) is 0.814. The summed E-state index contributed by atoms with van der Waals surface area (Å²) in [4.78, 5) is 23.4. The van der Waals surface area contributed by atoms with E-state index in [-0.39, 0.29) is 0 Å². The first-order chi connectivity index (χ1) is 10.6. The molecular weight excluding hydrogens is 290 g/mol. The lowest BCUT2D eigenvalue weighted by molar-refractivity contribution is 0.0954. The van der Waals surface area contributed by atoms with E-state index in [0.29, 0.717) is 30.4 Å². The van der Waals surface area contributed by atoms with Gasteiger partial charge < -0.3 is 19.9 Å². The van der Waals surface area contributed by atoms with Crippen LogP contribution in [-0.2, 0) is 0 Å². The highest BCUT2D eigenvalue weighted by Crippen LogP contribution is 2.31. The molecule has 1 aromatic heterocycles. The van der Waals surface area contributed by atoms with Crippen molar-refractivity contribution in [3.05, 3.63) is 40.3 Å². The number of fused-ring (bicyclic) bond motifs is 1. The van der Waals surface area contributed by atoms with Crippen molar-refractivity contribution in [1.29, 1.82) is 0 Å². The topological polar surface area (TPSA) is 103 Å². The van der Waals surface area contributed by atoms with Gasteiger partial charge >= 0.3 is 0 Å². The number of nitrogens with one attached hydrogen (secondary N) is 1. The fourth-order valence-corrected chi connectivity index (χ4v) is 2.05. The first-order valence-electron chi connectivity index (χ1n) is 6.55. The fraction of sp³-hybridized carbons (Fsp3) is 0.214. The monoisotopic (exact) mass is 303 g/mol. The molecule has 0 bridgehead atoms. The molecule has 3 rings (SSSR count). The van der Waals surface area contributed by atoms with Crippen molar-refractivity contribution in [2.45, 2.75) is 0 Å². The Bertz CT molecular complexity index is 800. The van der Waals surface area contributed by atoms with Crippen molar-refractivity contribution in [2.24, 2.45) is 0 Å². The van der Waals surface area contributed by atoms with Crippen LogP contribution in [0.4, 0.5) is 0 Å². The first-order valence-corrected chi connectivity index (χ1v) is 6.55. The van der Waals surface area contributed by atoms with Crippen molar-refractivity contribution in [3.63, 3.8) is 0 Å². The molecule has 8 nitrogen and oxygen atoms in total. The van der Waals surface area contributed by atoms with Crippen LogP contribution in [-0.4, -0.2) is 41.1 Å². The Labute approximate surface area is 124 Å². The van der Waals surface area contributed by atoms with Crippen LogP contribution in [0.3, 0.4) is 0 Å². The third kappa shape index (κ3) is 2.34. The Morgan fingerprint density at radius 1 is 1.32 bits per heavy atom. The summed E-state index contributed by atoms with van der Waals surface area (Å²) in [6.45, 7) is 0.910. The molecule has 0 saturated heterocycles. The smallest absolute Gasteiger partial charge is 0.275 e. The molecule has 0 atom stereocenters. The van der Waals surface area contributed by atoms with Crippen molar-refractivity contribution < 1.29 is 19.4 Å². The van der Waals surface area contributed by atoms with Crippen LogP contribution in [0.5, 0.6) is 17.2 Å². The molecule has 0 saturated carbocycles. The number of carbonyl (C=O) groups is 1. The lowest BCUT2D eigenvalue weighted by Crippen LogP contribution is -2.28. The van der Waals surface area contributed by atoms with Gasteiger partial charge in [-0.05, 0) is 12.1 Å². The molecule has 1 amide bonds. The number of aromatic hydroxyl groups is 1. The van der Waals surface area contributed by atoms with Crippen LogP contribution >= 0.6 is 0 Å². The van der Waals surface area contributed by atoms with E-state index in [1.54, 1.807) is 18.2 Å². The molecule has 1 aliphatic rings. The van der Waals surface area contributed by atoms with Gasteiger partial charge in [-0.25, -0.2) is 4.68 Å². The van der Waals surface area contributed by atoms with E-state index in [0.717, 1.165) is 6.20 Å². The molecule has 0 spiro atoms. The number of hydrogen-bond acceptors (Lipinski definition) is 6. The van der Waals surface area contributed by atoms with E-state index >= 15 is 0 Å². The third-order valence-corrected chi connectivity index (χ3v) is 3.13. The van der Waals surface area contributed by atoms with Gasteiger partial charge in [0.15, 0.2) is 22.9 Å². The molecule has 0 unspecified atom stereocenters. The second-order valence-electron chi connectivity index (χ2n) is 4.54. The molecular formula is C14H13N3O5. The van der Waals surface area contributed by atoms with E-state index in [4.69, 9.17) is 9.47 Å². The lowest BCUT2D eigenvalue weighted by atomic mass is 10.2. The number of benzene rings is 1. The summed E-state index contributed by atoms with van der Waals surface area (Å²) in [6.07, 6.45) is 1.14. The summed E-state index contributed by atoms with van der Waals surface area (Å²) in [5, 5.41) is 16.0. The number of aromatic nitrogens is 2. The van der Waals surface area contributed by atoms with E-state index in [1.165, 1.54) is 11.7 Å². The highest BCUT2D eigenvalue weighted by atomic mass is 16.6. The van der Waals surface area contributed by atoms with Gasteiger partial charge in [-0.1, -0.05) is 0 Å². The SMILES string of the molecule is CNC(=O)c1nn(-c2ccc3c(c2)OCCO3)cc(O)c1=O. The second kappa shape index (κ2) is 5.40. The van der Waals surface area contributed by atoms with Gasteiger partial charge in [0.05, 0.1) is 11.9 Å². The van der Waals surface area contributed by atoms with Crippen molar-refractivity contribution in [2.75, 3.05) is 20.3 Å². The van der Waals surface area contributed by atoms with Crippen LogP contribution in [0, 0.1) is 0 Å². The van der Waals surface area contributed by atoms with Gasteiger partial charge in [0, 0.05) is 13.1 Å². The van der Waals surface area contributed by atoms with Crippen LogP contribution in [0.15, 0.2) is 29.2 Å². The number of hydrogen-bond donors (Lipinski definition) is 2. The number of ether oxygens (including phenoxy) is 2. The normalized spacial score (nSPS) is 12.8. The molecule has 0 radical (unpaired) electrons. The van der Waals surface area contributed by atoms with Crippen LogP contribution < -0.4 is 20.2 Å². The number of rotatable bonds is 2. The molecule has 1 aromatic carbocycles. The Morgan fingerprint density at radius 2 is 2.05 bits per heavy atom. The Hall–Kier alpha value is -3.03. The van der Waals surface area contributed by atoms with Crippen molar-refractivity contribution in [3.8, 4) is 22.9 Å². The van der Waals surface area contributed by atoms with Crippen LogP contribution in [0.25, 0.3) is 5.69 Å². The predicted molar refractivity (Wildman–Crippen MR) is 75.9 cm³/mol. The predicted octanol–water partition coefficient (Wildman–Crippen LogP) is 0.0689. The molecule has 2 heterocycles. The molecule has 114 valence electrons. The summed E-state index contributed by atoms with van der Waals surface area (Å²) in [6, 6.07) is 5.03. The van der Waals surface area contributed by atoms with Crippen LogP contribution in [0.2, 0.25) is 0 Å². The minimum atomic E-state index is -0.826. The van der Waals surface area contributed by atoms with Gasteiger partial charge in [0.2, 0.25) is 0 Å². The lowest BCUT2D eigenvalue weighted by Gasteiger charge is -2.19. The van der Waals surface area contributed by atoms with Gasteiger partial charge in [0.1, 0.15) is 13.2 Å². The van der Waals surface area contributed by atoms with E-state index in [1.807, 2.05) is 0 Å². The third-order valence-electron chi connectivity index (χ3n) is 3.13. The summed E-state index contributed by atoms with van der Waals surface area (Å²) >= 11 is 0. The molecule has 0 fully saturated rings. The summed E-state index contributed by atoms with van der Waals surface area (Å²) < 4.78 is 12.1. The molecule has 2 N–H and O–H groups in total. The maximum atomic E-state index is 11.8. The standard InChI is InChI=1S/C14H13N3O5/c1-15-14(20)12-13(19)9(18)7-17(16-12)8-2-3-10-11(6-8)22-5-4-21-10/h2-3,6-7,18H,4-5H2,1H3,(H,15,20). The van der Waals surface area contributed by atoms with E-state index < -0.39 is 22.8 Å². The Kier molecular flexibility index (Phi) is 3.42. The molecule has 1 aliphatic heterocycles. The fourth-order valence-electron chi connectivity index (χ4n) is 2.05. The maximum Gasteiger partial charge on any atom is 0.275 e. The highest BCUT2D eigenvalue weighted by molar-refractivity contribution is 5.92. The maximum absolute atomic E-state index is 11.8. The number of carbonyl (C=O) groups excluding carboxylic acids is 1. The highest BCUT2D eigenvalue weighted by Gasteiger charge is 2.17. The zero-order chi connectivity index (χ0) is 15.7. The number of nitrogens with zero attached hydrogens (tertiary/aromatic N) is 2. The summed E-state index contributed by atoms with van der Waals surface area (Å²) in [5.41, 5.74) is -0.699. The molecule has 22 heavy (non-hydrogen) atoms. The molecule has 0 aliphatic carbocycles. The van der Waals surface area contributed by atoms with Crippen LogP contribution in [0.1, 0.15) is 10.5 Å². The minimum Gasteiger partial charge on any atom is -0.503 e. The Balaban J connectivity index is 2.10. The van der Waals surface area contributed by atoms with E-state index in [9.17, 15) is 14.7 Å². The van der Waals surface area contributed by atoms with Crippen molar-refractivity contribution >= 4 is 5.91 Å². The Morgan fingerprint density at radius 3 is 2.77 bits per heavy atom. The first kappa shape index (κ1) is 13.9. The van der Waals surface area contributed by atoms with Gasteiger partial charge in [-0.3, -0.25) is 9.59 Å². The molecule has 2 aromatic rings. The average Bonchev–Trinajstić information content (AvgIpc) is 2.56. The number of amides is 1. The van der Waals surface area contributed by atoms with E-state index in [2.05, 4.69) is 10.4 Å². The second-order valence-corrected chi connectivity index (χ2v) is 4.54. The van der Waals surface area contributed by atoms with Crippen molar-refractivity contribution in [1.82, 2.24) is 15.1 Å². The molecule has 8 heteroatoms. The zero-order valence-electron chi connectivity index (χ0n) is 11.7. The van der Waals surface area contributed by atoms with Gasteiger partial charge in [0.25, 0.3) is 11.3 Å². The largest absolute Gasteiger partial charge is 0.503 e. The summed E-state index contributed by atoms with van der Waals surface area (Å²) in [7, 11) is 1.38. The average molecular weight is 303 g/mol. The minimum absolute atomic E-state index is 0.391. The zero-order valence-corrected chi connectivity index (χ0v) is 11.7. The van der Waals surface area contributed by atoms with Gasteiger partial charge in [-0.2, -0.15) is 5.10 Å².